The SMILES string of the molecule is Nc1nc(NN2CCOCC2)c2ccccc2n1. The van der Waals surface area contributed by atoms with Gasteiger partial charge in [-0.1, -0.05) is 12.1 Å². The van der Waals surface area contributed by atoms with Crippen LogP contribution in [0.3, 0.4) is 0 Å². The minimum absolute atomic E-state index is 0.282. The standard InChI is InChI=1S/C12H15N5O/c13-12-14-10-4-2-1-3-9(10)11(15-12)16-17-5-7-18-8-6-17/h1-4H,5-8H2,(H3,13,14,15,16). The number of aromatic nitrogens is 2. The molecular formula is C12H15N5O. The Morgan fingerprint density at radius 2 is 1.94 bits per heavy atom. The van der Waals surface area contributed by atoms with Crippen molar-refractivity contribution in [2.45, 2.75) is 0 Å². The van der Waals surface area contributed by atoms with E-state index in [1.165, 1.54) is 0 Å². The van der Waals surface area contributed by atoms with Crippen molar-refractivity contribution in [3.05, 3.63) is 24.3 Å². The molecule has 1 aliphatic heterocycles. The zero-order chi connectivity index (χ0) is 12.4. The van der Waals surface area contributed by atoms with Gasteiger partial charge in [0.05, 0.1) is 18.7 Å². The molecule has 1 fully saturated rings. The fourth-order valence-electron chi connectivity index (χ4n) is 2.00. The Morgan fingerprint density at radius 1 is 1.17 bits per heavy atom. The minimum atomic E-state index is 0.282. The van der Waals surface area contributed by atoms with Crippen LogP contribution >= 0.6 is 0 Å². The highest BCUT2D eigenvalue weighted by atomic mass is 16.5. The second-order valence-corrected chi connectivity index (χ2v) is 4.16. The Balaban J connectivity index is 1.94. The van der Waals surface area contributed by atoms with E-state index in [0.29, 0.717) is 0 Å². The molecule has 0 radical (unpaired) electrons. The van der Waals surface area contributed by atoms with Crippen LogP contribution in [0.2, 0.25) is 0 Å². The van der Waals surface area contributed by atoms with Crippen LogP contribution in [-0.4, -0.2) is 41.3 Å². The zero-order valence-electron chi connectivity index (χ0n) is 9.97. The van der Waals surface area contributed by atoms with Crippen LogP contribution in [0.15, 0.2) is 24.3 Å². The maximum atomic E-state index is 5.72. The average molecular weight is 245 g/mol. The van der Waals surface area contributed by atoms with Gasteiger partial charge in [-0.15, -0.1) is 0 Å². The molecule has 2 aromatic rings. The molecule has 1 aromatic carbocycles. The van der Waals surface area contributed by atoms with Gasteiger partial charge in [-0.3, -0.25) is 0 Å². The number of benzene rings is 1. The quantitative estimate of drug-likeness (QED) is 0.817. The summed E-state index contributed by atoms with van der Waals surface area (Å²) < 4.78 is 5.31. The van der Waals surface area contributed by atoms with Crippen LogP contribution in [-0.2, 0) is 4.74 Å². The summed E-state index contributed by atoms with van der Waals surface area (Å²) in [5, 5.41) is 3.05. The topological polar surface area (TPSA) is 76.3 Å². The third kappa shape index (κ3) is 2.20. The monoisotopic (exact) mass is 245 g/mol. The van der Waals surface area contributed by atoms with Gasteiger partial charge in [0.1, 0.15) is 0 Å². The first-order valence-corrected chi connectivity index (χ1v) is 5.94. The lowest BCUT2D eigenvalue weighted by Gasteiger charge is -2.27. The summed E-state index contributed by atoms with van der Waals surface area (Å²) in [4.78, 5) is 8.48. The van der Waals surface area contributed by atoms with E-state index in [4.69, 9.17) is 10.5 Å². The van der Waals surface area contributed by atoms with Crippen molar-refractivity contribution < 1.29 is 4.74 Å². The van der Waals surface area contributed by atoms with Crippen molar-refractivity contribution in [1.82, 2.24) is 15.0 Å². The van der Waals surface area contributed by atoms with Gasteiger partial charge in [0.25, 0.3) is 0 Å². The van der Waals surface area contributed by atoms with Gasteiger partial charge in [0.2, 0.25) is 5.95 Å². The minimum Gasteiger partial charge on any atom is -0.379 e. The lowest BCUT2D eigenvalue weighted by molar-refractivity contribution is 0.0495. The molecule has 0 spiro atoms. The fourth-order valence-corrected chi connectivity index (χ4v) is 2.00. The van der Waals surface area contributed by atoms with E-state index in [9.17, 15) is 0 Å². The highest BCUT2D eigenvalue weighted by Gasteiger charge is 2.13. The number of nitrogen functional groups attached to an aromatic ring is 1. The molecule has 18 heavy (non-hydrogen) atoms. The lowest BCUT2D eigenvalue weighted by atomic mass is 10.2. The number of hydrogen-bond donors (Lipinski definition) is 2. The molecule has 94 valence electrons. The molecule has 6 nitrogen and oxygen atoms in total. The Hall–Kier alpha value is -1.92. The van der Waals surface area contributed by atoms with E-state index in [1.807, 2.05) is 24.3 Å². The number of fused-ring (bicyclic) bond motifs is 1. The maximum absolute atomic E-state index is 5.72. The molecule has 0 amide bonds. The van der Waals surface area contributed by atoms with Gasteiger partial charge in [0.15, 0.2) is 5.82 Å². The van der Waals surface area contributed by atoms with Crippen molar-refractivity contribution in [1.29, 1.82) is 0 Å². The summed E-state index contributed by atoms with van der Waals surface area (Å²) in [6.07, 6.45) is 0. The largest absolute Gasteiger partial charge is 0.379 e. The molecule has 2 heterocycles. The third-order valence-corrected chi connectivity index (χ3v) is 2.90. The number of nitrogens with one attached hydrogen (secondary N) is 1. The molecule has 0 saturated carbocycles. The third-order valence-electron chi connectivity index (χ3n) is 2.90. The molecule has 0 unspecified atom stereocenters. The summed E-state index contributed by atoms with van der Waals surface area (Å²) in [6, 6.07) is 7.81. The number of rotatable bonds is 2. The van der Waals surface area contributed by atoms with E-state index in [2.05, 4.69) is 20.4 Å². The molecule has 0 atom stereocenters. The summed E-state index contributed by atoms with van der Waals surface area (Å²) in [7, 11) is 0. The van der Waals surface area contributed by atoms with Crippen molar-refractivity contribution in [3.63, 3.8) is 0 Å². The number of para-hydroxylation sites is 1. The number of hydrazine groups is 1. The van der Waals surface area contributed by atoms with E-state index in [1.54, 1.807) is 0 Å². The van der Waals surface area contributed by atoms with Gasteiger partial charge >= 0.3 is 0 Å². The van der Waals surface area contributed by atoms with Crippen molar-refractivity contribution in [2.75, 3.05) is 37.5 Å². The van der Waals surface area contributed by atoms with E-state index < -0.39 is 0 Å². The second-order valence-electron chi connectivity index (χ2n) is 4.16. The molecule has 0 aliphatic carbocycles. The van der Waals surface area contributed by atoms with Crippen LogP contribution in [0.4, 0.5) is 11.8 Å². The smallest absolute Gasteiger partial charge is 0.222 e. The molecule has 6 heteroatoms. The van der Waals surface area contributed by atoms with Crippen molar-refractivity contribution in [2.24, 2.45) is 0 Å². The summed E-state index contributed by atoms with van der Waals surface area (Å²) in [6.45, 7) is 3.12. The summed E-state index contributed by atoms with van der Waals surface area (Å²) in [5.74, 6) is 1.03. The summed E-state index contributed by atoms with van der Waals surface area (Å²) in [5.41, 5.74) is 9.86. The highest BCUT2D eigenvalue weighted by Crippen LogP contribution is 2.21. The Bertz CT molecular complexity index is 553. The highest BCUT2D eigenvalue weighted by molar-refractivity contribution is 5.89. The zero-order valence-corrected chi connectivity index (χ0v) is 9.97. The number of hydrogen-bond acceptors (Lipinski definition) is 6. The lowest BCUT2D eigenvalue weighted by Crippen LogP contribution is -2.40. The van der Waals surface area contributed by atoms with E-state index in [-0.39, 0.29) is 5.95 Å². The Kier molecular flexibility index (Phi) is 2.95. The number of morpholine rings is 1. The number of nitrogens with zero attached hydrogens (tertiary/aromatic N) is 3. The predicted octanol–water partition coefficient (Wildman–Crippen LogP) is 0.871. The summed E-state index contributed by atoms with van der Waals surface area (Å²) >= 11 is 0. The van der Waals surface area contributed by atoms with Crippen molar-refractivity contribution in [3.8, 4) is 0 Å². The average Bonchev–Trinajstić information content (AvgIpc) is 2.40. The number of anilines is 2. The first-order chi connectivity index (χ1) is 8.83. The van der Waals surface area contributed by atoms with Crippen LogP contribution < -0.4 is 11.2 Å². The molecule has 0 bridgehead atoms. The molecule has 1 aromatic heterocycles. The van der Waals surface area contributed by atoms with Crippen LogP contribution in [0.1, 0.15) is 0 Å². The fraction of sp³-hybridized carbons (Fsp3) is 0.333. The number of nitrogens with two attached hydrogens (primary N) is 1. The Morgan fingerprint density at radius 3 is 2.78 bits per heavy atom. The van der Waals surface area contributed by atoms with Gasteiger partial charge in [0, 0.05) is 18.5 Å². The van der Waals surface area contributed by atoms with Gasteiger partial charge in [-0.05, 0) is 12.1 Å². The van der Waals surface area contributed by atoms with Crippen LogP contribution in [0.25, 0.3) is 10.9 Å². The maximum Gasteiger partial charge on any atom is 0.222 e. The van der Waals surface area contributed by atoms with Crippen LogP contribution in [0.5, 0.6) is 0 Å². The van der Waals surface area contributed by atoms with Gasteiger partial charge in [-0.25, -0.2) is 9.99 Å². The van der Waals surface area contributed by atoms with Gasteiger partial charge in [-0.2, -0.15) is 4.98 Å². The second kappa shape index (κ2) is 4.75. The van der Waals surface area contributed by atoms with E-state index >= 15 is 0 Å². The van der Waals surface area contributed by atoms with Crippen LogP contribution in [0, 0.1) is 0 Å². The normalized spacial score (nSPS) is 16.9. The molecule has 1 saturated heterocycles. The first kappa shape index (κ1) is 11.2. The molecular weight excluding hydrogens is 230 g/mol. The first-order valence-electron chi connectivity index (χ1n) is 5.94. The molecule has 3 rings (SSSR count). The Labute approximate surface area is 105 Å². The molecule has 3 N–H and O–H groups in total. The number of ether oxygens (including phenoxy) is 1. The predicted molar refractivity (Wildman–Crippen MR) is 70.0 cm³/mol. The van der Waals surface area contributed by atoms with Gasteiger partial charge < -0.3 is 15.9 Å². The molecule has 1 aliphatic rings. The van der Waals surface area contributed by atoms with Crippen molar-refractivity contribution >= 4 is 22.7 Å². The van der Waals surface area contributed by atoms with E-state index in [0.717, 1.165) is 43.0 Å².